The first-order chi connectivity index (χ1) is 9.93. The number of carbonyl (C=O) groups is 2. The Morgan fingerprint density at radius 3 is 2.67 bits per heavy atom. The average molecular weight is 294 g/mol. The number of ether oxygens (including phenoxy) is 1. The Labute approximate surface area is 124 Å². The summed E-state index contributed by atoms with van der Waals surface area (Å²) in [6.07, 6.45) is 1.74. The third-order valence-corrected chi connectivity index (χ3v) is 3.29. The molecule has 0 aromatic carbocycles. The normalized spacial score (nSPS) is 11.8. The summed E-state index contributed by atoms with van der Waals surface area (Å²) >= 11 is 0. The number of methoxy groups -OCH3 is 1. The summed E-state index contributed by atoms with van der Waals surface area (Å²) in [6.45, 7) is 4.50. The highest BCUT2D eigenvalue weighted by atomic mass is 16.5. The Hall–Kier alpha value is -2.11. The zero-order chi connectivity index (χ0) is 15.8. The molecule has 0 aliphatic carbocycles. The SMILES string of the molecule is COC(=O)c1ccc(NCCC(C)CCC(=O)O)nc1C. The largest absolute Gasteiger partial charge is 0.481 e. The molecule has 0 aliphatic heterocycles. The highest BCUT2D eigenvalue weighted by Crippen LogP contribution is 2.14. The number of nitrogens with zero attached hydrogens (tertiary/aromatic N) is 1. The quantitative estimate of drug-likeness (QED) is 0.716. The molecule has 21 heavy (non-hydrogen) atoms. The summed E-state index contributed by atoms with van der Waals surface area (Å²) in [7, 11) is 1.34. The fourth-order valence-corrected chi connectivity index (χ4v) is 1.95. The number of aliphatic carboxylic acids is 1. The van der Waals surface area contributed by atoms with Crippen molar-refractivity contribution in [2.75, 3.05) is 19.0 Å². The number of aromatic nitrogens is 1. The molecule has 6 heteroatoms. The van der Waals surface area contributed by atoms with Crippen LogP contribution in [0.3, 0.4) is 0 Å². The summed E-state index contributed by atoms with van der Waals surface area (Å²) in [4.78, 5) is 26.2. The van der Waals surface area contributed by atoms with Gasteiger partial charge in [0.25, 0.3) is 0 Å². The van der Waals surface area contributed by atoms with E-state index < -0.39 is 11.9 Å². The van der Waals surface area contributed by atoms with E-state index in [2.05, 4.69) is 15.0 Å². The van der Waals surface area contributed by atoms with Crippen molar-refractivity contribution < 1.29 is 19.4 Å². The number of carbonyl (C=O) groups excluding carboxylic acids is 1. The van der Waals surface area contributed by atoms with Crippen molar-refractivity contribution in [3.05, 3.63) is 23.4 Å². The predicted octanol–water partition coefficient (Wildman–Crippen LogP) is 2.48. The molecule has 0 spiro atoms. The molecule has 1 unspecified atom stereocenters. The molecule has 1 rings (SSSR count). The lowest BCUT2D eigenvalue weighted by molar-refractivity contribution is -0.137. The van der Waals surface area contributed by atoms with Crippen molar-refractivity contribution in [1.82, 2.24) is 4.98 Å². The second-order valence-electron chi connectivity index (χ2n) is 5.07. The van der Waals surface area contributed by atoms with E-state index in [0.29, 0.717) is 36.0 Å². The number of anilines is 1. The molecule has 0 saturated carbocycles. The monoisotopic (exact) mass is 294 g/mol. The lowest BCUT2D eigenvalue weighted by atomic mass is 10.0. The number of hydrogen-bond acceptors (Lipinski definition) is 5. The van der Waals surface area contributed by atoms with Crippen LogP contribution in [0.5, 0.6) is 0 Å². The van der Waals surface area contributed by atoms with Crippen molar-refractivity contribution in [3.63, 3.8) is 0 Å². The smallest absolute Gasteiger partial charge is 0.339 e. The first-order valence-corrected chi connectivity index (χ1v) is 6.95. The van der Waals surface area contributed by atoms with Crippen LogP contribution in [0.25, 0.3) is 0 Å². The van der Waals surface area contributed by atoms with Crippen LogP contribution >= 0.6 is 0 Å². The number of carboxylic acids is 1. The second kappa shape index (κ2) is 8.24. The zero-order valence-electron chi connectivity index (χ0n) is 12.7. The first-order valence-electron chi connectivity index (χ1n) is 6.95. The summed E-state index contributed by atoms with van der Waals surface area (Å²) < 4.78 is 4.67. The molecule has 0 aliphatic rings. The molecule has 0 amide bonds. The number of nitrogens with one attached hydrogen (secondary N) is 1. The topological polar surface area (TPSA) is 88.5 Å². The van der Waals surface area contributed by atoms with E-state index >= 15 is 0 Å². The maximum Gasteiger partial charge on any atom is 0.339 e. The van der Waals surface area contributed by atoms with Crippen LogP contribution in [0.2, 0.25) is 0 Å². The maximum absolute atomic E-state index is 11.4. The molecule has 1 heterocycles. The van der Waals surface area contributed by atoms with Gasteiger partial charge in [-0.1, -0.05) is 6.92 Å². The van der Waals surface area contributed by atoms with Crippen molar-refractivity contribution in [1.29, 1.82) is 0 Å². The van der Waals surface area contributed by atoms with Crippen LogP contribution in [-0.4, -0.2) is 35.7 Å². The van der Waals surface area contributed by atoms with Crippen LogP contribution in [0.15, 0.2) is 12.1 Å². The van der Waals surface area contributed by atoms with Crippen LogP contribution in [-0.2, 0) is 9.53 Å². The summed E-state index contributed by atoms with van der Waals surface area (Å²) in [6, 6.07) is 3.42. The fraction of sp³-hybridized carbons (Fsp3) is 0.533. The zero-order valence-corrected chi connectivity index (χ0v) is 12.7. The Morgan fingerprint density at radius 2 is 2.10 bits per heavy atom. The minimum Gasteiger partial charge on any atom is -0.481 e. The van der Waals surface area contributed by atoms with Gasteiger partial charge in [0.1, 0.15) is 5.82 Å². The molecule has 1 atom stereocenters. The van der Waals surface area contributed by atoms with Crippen LogP contribution in [0.4, 0.5) is 5.82 Å². The number of hydrogen-bond donors (Lipinski definition) is 2. The van der Waals surface area contributed by atoms with E-state index in [0.717, 1.165) is 6.42 Å². The van der Waals surface area contributed by atoms with Crippen LogP contribution in [0, 0.1) is 12.8 Å². The van der Waals surface area contributed by atoms with Crippen LogP contribution < -0.4 is 5.32 Å². The fourth-order valence-electron chi connectivity index (χ4n) is 1.95. The Balaban J connectivity index is 2.44. The molecule has 116 valence electrons. The lowest BCUT2D eigenvalue weighted by Gasteiger charge is -2.12. The summed E-state index contributed by atoms with van der Waals surface area (Å²) in [5, 5.41) is 11.8. The summed E-state index contributed by atoms with van der Waals surface area (Å²) in [5.74, 6) is -0.117. The van der Waals surface area contributed by atoms with E-state index in [1.54, 1.807) is 19.1 Å². The van der Waals surface area contributed by atoms with Gasteiger partial charge in [0, 0.05) is 13.0 Å². The number of esters is 1. The van der Waals surface area contributed by atoms with Gasteiger partial charge >= 0.3 is 11.9 Å². The third-order valence-electron chi connectivity index (χ3n) is 3.29. The Kier molecular flexibility index (Phi) is 6.65. The second-order valence-corrected chi connectivity index (χ2v) is 5.07. The van der Waals surface area contributed by atoms with Crippen molar-refractivity contribution in [3.8, 4) is 0 Å². The van der Waals surface area contributed by atoms with Gasteiger partial charge in [0.2, 0.25) is 0 Å². The van der Waals surface area contributed by atoms with Crippen molar-refractivity contribution in [2.45, 2.75) is 33.1 Å². The van der Waals surface area contributed by atoms with Gasteiger partial charge in [-0.2, -0.15) is 0 Å². The molecule has 0 fully saturated rings. The predicted molar refractivity (Wildman–Crippen MR) is 79.5 cm³/mol. The molecule has 1 aromatic rings. The highest BCUT2D eigenvalue weighted by Gasteiger charge is 2.11. The molecule has 6 nitrogen and oxygen atoms in total. The molecular formula is C15H22N2O4. The van der Waals surface area contributed by atoms with Crippen LogP contribution in [0.1, 0.15) is 42.2 Å². The van der Waals surface area contributed by atoms with Gasteiger partial charge in [0.05, 0.1) is 18.4 Å². The van der Waals surface area contributed by atoms with E-state index in [1.807, 2.05) is 6.92 Å². The lowest BCUT2D eigenvalue weighted by Crippen LogP contribution is -2.11. The number of carboxylic acid groups (broad SMARTS) is 1. The average Bonchev–Trinajstić information content (AvgIpc) is 2.44. The standard InChI is InChI=1S/C15H22N2O4/c1-10(4-7-14(18)19)8-9-16-13-6-5-12(11(2)17-13)15(20)21-3/h5-6,10H,4,7-9H2,1-3H3,(H,16,17)(H,18,19). The number of rotatable bonds is 8. The molecular weight excluding hydrogens is 272 g/mol. The Bertz CT molecular complexity index is 502. The first kappa shape index (κ1) is 16.9. The highest BCUT2D eigenvalue weighted by molar-refractivity contribution is 5.90. The Morgan fingerprint density at radius 1 is 1.38 bits per heavy atom. The van der Waals surface area contributed by atoms with Crippen molar-refractivity contribution in [2.24, 2.45) is 5.92 Å². The maximum atomic E-state index is 11.4. The van der Waals surface area contributed by atoms with Gasteiger partial charge in [-0.05, 0) is 37.8 Å². The van der Waals surface area contributed by atoms with Gasteiger partial charge in [-0.15, -0.1) is 0 Å². The summed E-state index contributed by atoms with van der Waals surface area (Å²) in [5.41, 5.74) is 1.07. The van der Waals surface area contributed by atoms with Gasteiger partial charge in [0.15, 0.2) is 0 Å². The molecule has 1 aromatic heterocycles. The molecule has 0 radical (unpaired) electrons. The molecule has 0 bridgehead atoms. The number of aryl methyl sites for hydroxylation is 1. The third kappa shape index (κ3) is 5.81. The minimum absolute atomic E-state index is 0.201. The van der Waals surface area contributed by atoms with E-state index in [9.17, 15) is 9.59 Å². The molecule has 2 N–H and O–H groups in total. The minimum atomic E-state index is -0.759. The van der Waals surface area contributed by atoms with Crippen molar-refractivity contribution >= 4 is 17.8 Å². The van der Waals surface area contributed by atoms with E-state index in [1.165, 1.54) is 7.11 Å². The molecule has 0 saturated heterocycles. The van der Waals surface area contributed by atoms with Gasteiger partial charge < -0.3 is 15.2 Å². The number of pyridine rings is 1. The van der Waals surface area contributed by atoms with Gasteiger partial charge in [-0.25, -0.2) is 9.78 Å². The van der Waals surface area contributed by atoms with E-state index in [-0.39, 0.29) is 6.42 Å². The van der Waals surface area contributed by atoms with E-state index in [4.69, 9.17) is 5.11 Å². The van der Waals surface area contributed by atoms with Gasteiger partial charge in [-0.3, -0.25) is 4.79 Å².